The van der Waals surface area contributed by atoms with Crippen LogP contribution in [-0.4, -0.2) is 24.1 Å². The highest BCUT2D eigenvalue weighted by atomic mass is 32.2. The summed E-state index contributed by atoms with van der Waals surface area (Å²) in [6.07, 6.45) is 2.79. The molecule has 0 unspecified atom stereocenters. The van der Waals surface area contributed by atoms with Crippen LogP contribution in [0, 0.1) is 23.4 Å². The Morgan fingerprint density at radius 3 is 2.55 bits per heavy atom. The molecule has 1 aromatic rings. The fourth-order valence-corrected chi connectivity index (χ4v) is 3.34. The van der Waals surface area contributed by atoms with Crippen LogP contribution >= 0.6 is 11.8 Å². The Kier molecular flexibility index (Phi) is 5.34. The van der Waals surface area contributed by atoms with Crippen LogP contribution in [0.5, 0.6) is 0 Å². The van der Waals surface area contributed by atoms with E-state index in [0.717, 1.165) is 24.3 Å². The van der Waals surface area contributed by atoms with Crippen molar-refractivity contribution in [2.24, 2.45) is 5.92 Å². The zero-order valence-corrected chi connectivity index (χ0v) is 11.6. The van der Waals surface area contributed by atoms with E-state index in [9.17, 15) is 18.0 Å². The lowest BCUT2D eigenvalue weighted by Gasteiger charge is -2.20. The van der Waals surface area contributed by atoms with Crippen molar-refractivity contribution in [1.82, 2.24) is 0 Å². The Morgan fingerprint density at radius 1 is 1.20 bits per heavy atom. The van der Waals surface area contributed by atoms with Crippen molar-refractivity contribution in [3.8, 4) is 0 Å². The maximum Gasteiger partial charge on any atom is 0.344 e. The maximum atomic E-state index is 13.4. The van der Waals surface area contributed by atoms with Gasteiger partial charge in [-0.3, -0.25) is 0 Å². The summed E-state index contributed by atoms with van der Waals surface area (Å²) >= 11 is 1.89. The molecule has 1 heterocycles. The molecule has 1 aliphatic heterocycles. The molecule has 0 saturated carbocycles. The van der Waals surface area contributed by atoms with Gasteiger partial charge >= 0.3 is 5.97 Å². The SMILES string of the molecule is O=C(OCCC1CCSCC1)c1c(F)ccc(F)c1F. The van der Waals surface area contributed by atoms with Crippen molar-refractivity contribution in [1.29, 1.82) is 0 Å². The first-order valence-electron chi connectivity index (χ1n) is 6.48. The smallest absolute Gasteiger partial charge is 0.344 e. The zero-order chi connectivity index (χ0) is 14.5. The largest absolute Gasteiger partial charge is 0.462 e. The average molecular weight is 304 g/mol. The molecule has 20 heavy (non-hydrogen) atoms. The van der Waals surface area contributed by atoms with Crippen molar-refractivity contribution in [3.05, 3.63) is 35.1 Å². The van der Waals surface area contributed by atoms with Gasteiger partial charge in [-0.2, -0.15) is 11.8 Å². The second-order valence-corrected chi connectivity index (χ2v) is 5.92. The molecule has 2 nitrogen and oxygen atoms in total. The van der Waals surface area contributed by atoms with Crippen molar-refractivity contribution in [2.75, 3.05) is 18.1 Å². The quantitative estimate of drug-likeness (QED) is 0.625. The Bertz CT molecular complexity index is 488. The molecule has 110 valence electrons. The molecule has 0 spiro atoms. The summed E-state index contributed by atoms with van der Waals surface area (Å²) in [6, 6.07) is 1.36. The van der Waals surface area contributed by atoms with Crippen LogP contribution in [-0.2, 0) is 4.74 Å². The number of hydrogen-bond acceptors (Lipinski definition) is 3. The molecule has 0 aliphatic carbocycles. The van der Waals surface area contributed by atoms with Gasteiger partial charge in [0.2, 0.25) is 0 Å². The molecule has 6 heteroatoms. The normalized spacial score (nSPS) is 16.1. The van der Waals surface area contributed by atoms with Gasteiger partial charge in [-0.25, -0.2) is 18.0 Å². The standard InChI is InChI=1S/C14H15F3O2S/c15-10-1-2-11(16)13(17)12(10)14(18)19-6-3-9-4-7-20-8-5-9/h1-2,9H,3-8H2. The molecule has 2 rings (SSSR count). The number of halogens is 3. The summed E-state index contributed by atoms with van der Waals surface area (Å²) in [5.74, 6) is -2.36. The first-order chi connectivity index (χ1) is 9.59. The van der Waals surface area contributed by atoms with Crippen LogP contribution in [0.4, 0.5) is 13.2 Å². The van der Waals surface area contributed by atoms with Crippen LogP contribution in [0.2, 0.25) is 0 Å². The molecule has 0 radical (unpaired) electrons. The third-order valence-corrected chi connectivity index (χ3v) is 4.40. The zero-order valence-electron chi connectivity index (χ0n) is 10.8. The Balaban J connectivity index is 1.90. The van der Waals surface area contributed by atoms with Gasteiger partial charge in [0.1, 0.15) is 11.4 Å². The number of hydrogen-bond donors (Lipinski definition) is 0. The van der Waals surface area contributed by atoms with Crippen LogP contribution in [0.25, 0.3) is 0 Å². The number of ether oxygens (including phenoxy) is 1. The van der Waals surface area contributed by atoms with E-state index < -0.39 is 29.0 Å². The molecule has 1 aromatic carbocycles. The van der Waals surface area contributed by atoms with E-state index in [0.29, 0.717) is 24.5 Å². The summed E-state index contributed by atoms with van der Waals surface area (Å²) in [6.45, 7) is 0.101. The van der Waals surface area contributed by atoms with Crippen molar-refractivity contribution >= 4 is 17.7 Å². The fourth-order valence-electron chi connectivity index (χ4n) is 2.14. The highest BCUT2D eigenvalue weighted by molar-refractivity contribution is 7.99. The van der Waals surface area contributed by atoms with Gasteiger partial charge in [-0.1, -0.05) is 0 Å². The average Bonchev–Trinajstić information content (AvgIpc) is 2.44. The minimum atomic E-state index is -1.50. The molecule has 0 bridgehead atoms. The maximum absolute atomic E-state index is 13.4. The van der Waals surface area contributed by atoms with Crippen molar-refractivity contribution in [2.45, 2.75) is 19.3 Å². The molecular formula is C14H15F3O2S. The van der Waals surface area contributed by atoms with Crippen LogP contribution in [0.1, 0.15) is 29.6 Å². The predicted molar refractivity (Wildman–Crippen MR) is 71.3 cm³/mol. The lowest BCUT2D eigenvalue weighted by molar-refractivity contribution is 0.0468. The molecule has 0 amide bonds. The molecule has 0 atom stereocenters. The minimum Gasteiger partial charge on any atom is -0.462 e. The molecular weight excluding hydrogens is 289 g/mol. The summed E-state index contributed by atoms with van der Waals surface area (Å²) in [5.41, 5.74) is -0.954. The minimum absolute atomic E-state index is 0.101. The number of carbonyl (C=O) groups is 1. The highest BCUT2D eigenvalue weighted by Crippen LogP contribution is 2.25. The summed E-state index contributed by atoms with van der Waals surface area (Å²) in [5, 5.41) is 0. The van der Waals surface area contributed by atoms with Gasteiger partial charge in [-0.15, -0.1) is 0 Å². The molecule has 0 aromatic heterocycles. The van der Waals surface area contributed by atoms with Crippen LogP contribution in [0.3, 0.4) is 0 Å². The molecule has 0 N–H and O–H groups in total. The van der Waals surface area contributed by atoms with E-state index in [4.69, 9.17) is 4.74 Å². The third-order valence-electron chi connectivity index (χ3n) is 3.35. The number of carbonyl (C=O) groups excluding carboxylic acids is 1. The number of thioether (sulfide) groups is 1. The van der Waals surface area contributed by atoms with E-state index in [2.05, 4.69) is 0 Å². The van der Waals surface area contributed by atoms with E-state index >= 15 is 0 Å². The number of benzene rings is 1. The molecule has 1 aliphatic rings. The molecule has 1 saturated heterocycles. The van der Waals surface area contributed by atoms with Gasteiger partial charge in [0, 0.05) is 0 Å². The van der Waals surface area contributed by atoms with E-state index in [1.54, 1.807) is 0 Å². The van der Waals surface area contributed by atoms with E-state index in [1.807, 2.05) is 11.8 Å². The van der Waals surface area contributed by atoms with Crippen molar-refractivity contribution < 1.29 is 22.7 Å². The second-order valence-electron chi connectivity index (χ2n) is 4.70. The van der Waals surface area contributed by atoms with E-state index in [1.165, 1.54) is 0 Å². The van der Waals surface area contributed by atoms with Crippen LogP contribution < -0.4 is 0 Å². The molecule has 1 fully saturated rings. The first kappa shape index (κ1) is 15.2. The van der Waals surface area contributed by atoms with Crippen molar-refractivity contribution in [3.63, 3.8) is 0 Å². The Morgan fingerprint density at radius 2 is 1.85 bits per heavy atom. The van der Waals surface area contributed by atoms with Gasteiger partial charge < -0.3 is 4.74 Å². The lowest BCUT2D eigenvalue weighted by Crippen LogP contribution is -2.16. The first-order valence-corrected chi connectivity index (χ1v) is 7.63. The van der Waals surface area contributed by atoms with Gasteiger partial charge in [0.05, 0.1) is 6.61 Å². The fraction of sp³-hybridized carbons (Fsp3) is 0.500. The van der Waals surface area contributed by atoms with Gasteiger partial charge in [0.15, 0.2) is 11.6 Å². The summed E-state index contributed by atoms with van der Waals surface area (Å²) < 4.78 is 44.6. The Hall–Kier alpha value is -1.17. The topological polar surface area (TPSA) is 26.3 Å². The summed E-state index contributed by atoms with van der Waals surface area (Å²) in [4.78, 5) is 11.6. The second kappa shape index (κ2) is 7.02. The Labute approximate surface area is 119 Å². The third kappa shape index (κ3) is 3.69. The summed E-state index contributed by atoms with van der Waals surface area (Å²) in [7, 11) is 0. The van der Waals surface area contributed by atoms with E-state index in [-0.39, 0.29) is 6.61 Å². The number of rotatable bonds is 4. The predicted octanol–water partition coefficient (Wildman–Crippen LogP) is 3.79. The lowest BCUT2D eigenvalue weighted by atomic mass is 10.00. The highest BCUT2D eigenvalue weighted by Gasteiger charge is 2.22. The monoisotopic (exact) mass is 304 g/mol. The van der Waals surface area contributed by atoms with Gasteiger partial charge in [0.25, 0.3) is 0 Å². The number of esters is 1. The van der Waals surface area contributed by atoms with Gasteiger partial charge in [-0.05, 0) is 48.8 Å². The van der Waals surface area contributed by atoms with Crippen LogP contribution in [0.15, 0.2) is 12.1 Å².